The van der Waals surface area contributed by atoms with Crippen LogP contribution in [-0.4, -0.2) is 37.1 Å². The van der Waals surface area contributed by atoms with Gasteiger partial charge in [0, 0.05) is 13.1 Å². The summed E-state index contributed by atoms with van der Waals surface area (Å²) < 4.78 is 0. The topological polar surface area (TPSA) is 44.4 Å². The number of piperidine rings is 1. The molecule has 2 saturated heterocycles. The number of urea groups is 1. The number of hydrogen-bond donors (Lipinski definition) is 2. The fourth-order valence-electron chi connectivity index (χ4n) is 3.30. The molecule has 1 aromatic carbocycles. The van der Waals surface area contributed by atoms with Gasteiger partial charge in [-0.1, -0.05) is 30.3 Å². The summed E-state index contributed by atoms with van der Waals surface area (Å²) in [5.41, 5.74) is 1.03. The fourth-order valence-corrected chi connectivity index (χ4v) is 3.30. The van der Waals surface area contributed by atoms with Crippen molar-refractivity contribution in [3.8, 4) is 0 Å². The maximum absolute atomic E-state index is 12.5. The standard InChI is InChI=1S/C16H23N3O/c20-15(19-12-4-5-13-19)18-16(8-10-17-11-9-16)14-6-2-1-3-7-14/h1-3,6-7,17H,4-5,8-13H2,(H,18,20). The molecule has 2 aliphatic heterocycles. The Labute approximate surface area is 120 Å². The maximum Gasteiger partial charge on any atom is 0.318 e. The second-order valence-electron chi connectivity index (χ2n) is 5.82. The summed E-state index contributed by atoms with van der Waals surface area (Å²) in [7, 11) is 0. The van der Waals surface area contributed by atoms with Crippen LogP contribution in [-0.2, 0) is 5.54 Å². The van der Waals surface area contributed by atoms with E-state index in [0.29, 0.717) is 0 Å². The zero-order valence-electron chi connectivity index (χ0n) is 11.9. The number of benzene rings is 1. The van der Waals surface area contributed by atoms with Crippen molar-refractivity contribution < 1.29 is 4.79 Å². The normalized spacial score (nSPS) is 21.7. The summed E-state index contributed by atoms with van der Waals surface area (Å²) in [6, 6.07) is 10.5. The SMILES string of the molecule is O=C(NC1(c2ccccc2)CCNCC1)N1CCCC1. The highest BCUT2D eigenvalue weighted by Gasteiger charge is 2.36. The van der Waals surface area contributed by atoms with E-state index < -0.39 is 0 Å². The zero-order valence-corrected chi connectivity index (χ0v) is 11.9. The third-order valence-electron chi connectivity index (χ3n) is 4.52. The van der Waals surface area contributed by atoms with Crippen LogP contribution >= 0.6 is 0 Å². The number of carbonyl (C=O) groups is 1. The molecule has 0 bridgehead atoms. The van der Waals surface area contributed by atoms with Crippen LogP contribution in [0.5, 0.6) is 0 Å². The Morgan fingerprint density at radius 3 is 2.40 bits per heavy atom. The molecule has 108 valence electrons. The quantitative estimate of drug-likeness (QED) is 0.866. The van der Waals surface area contributed by atoms with Crippen molar-refractivity contribution >= 4 is 6.03 Å². The highest BCUT2D eigenvalue weighted by atomic mass is 16.2. The Kier molecular flexibility index (Phi) is 3.92. The Morgan fingerprint density at radius 2 is 1.75 bits per heavy atom. The lowest BCUT2D eigenvalue weighted by Crippen LogP contribution is -2.55. The van der Waals surface area contributed by atoms with Crippen LogP contribution in [0.15, 0.2) is 30.3 Å². The van der Waals surface area contributed by atoms with E-state index in [0.717, 1.165) is 51.9 Å². The van der Waals surface area contributed by atoms with E-state index in [1.54, 1.807) is 0 Å². The monoisotopic (exact) mass is 273 g/mol. The molecule has 2 amide bonds. The van der Waals surface area contributed by atoms with Crippen LogP contribution in [0.2, 0.25) is 0 Å². The molecule has 0 aliphatic carbocycles. The number of hydrogen-bond acceptors (Lipinski definition) is 2. The first-order valence-electron chi connectivity index (χ1n) is 7.64. The molecule has 1 aromatic rings. The van der Waals surface area contributed by atoms with Gasteiger partial charge in [0.15, 0.2) is 0 Å². The van der Waals surface area contributed by atoms with Crippen LogP contribution in [0.4, 0.5) is 4.79 Å². The summed E-state index contributed by atoms with van der Waals surface area (Å²) in [5, 5.41) is 6.72. The molecule has 3 rings (SSSR count). The van der Waals surface area contributed by atoms with Crippen molar-refractivity contribution in [2.45, 2.75) is 31.2 Å². The van der Waals surface area contributed by atoms with E-state index in [4.69, 9.17) is 0 Å². The Bertz CT molecular complexity index is 448. The van der Waals surface area contributed by atoms with Crippen molar-refractivity contribution in [2.24, 2.45) is 0 Å². The lowest BCUT2D eigenvalue weighted by Gasteiger charge is -2.40. The number of amides is 2. The molecule has 0 saturated carbocycles. The predicted octanol–water partition coefficient (Wildman–Crippen LogP) is 2.07. The van der Waals surface area contributed by atoms with Gasteiger partial charge >= 0.3 is 6.03 Å². The van der Waals surface area contributed by atoms with Crippen LogP contribution in [0.1, 0.15) is 31.2 Å². The van der Waals surface area contributed by atoms with Gasteiger partial charge < -0.3 is 15.5 Å². The number of nitrogens with one attached hydrogen (secondary N) is 2. The van der Waals surface area contributed by atoms with Gasteiger partial charge in [-0.2, -0.15) is 0 Å². The lowest BCUT2D eigenvalue weighted by atomic mass is 9.81. The second kappa shape index (κ2) is 5.83. The minimum Gasteiger partial charge on any atom is -0.328 e. The Balaban J connectivity index is 1.80. The van der Waals surface area contributed by atoms with Gasteiger partial charge in [0.2, 0.25) is 0 Å². The van der Waals surface area contributed by atoms with Crippen LogP contribution in [0.25, 0.3) is 0 Å². The summed E-state index contributed by atoms with van der Waals surface area (Å²) in [6.45, 7) is 3.70. The molecule has 0 unspecified atom stereocenters. The molecule has 0 spiro atoms. The molecular weight excluding hydrogens is 250 g/mol. The molecular formula is C16H23N3O. The first-order chi connectivity index (χ1) is 9.80. The fraction of sp³-hybridized carbons (Fsp3) is 0.562. The molecule has 2 heterocycles. The average molecular weight is 273 g/mol. The minimum absolute atomic E-state index is 0.105. The van der Waals surface area contributed by atoms with Crippen LogP contribution in [0, 0.1) is 0 Å². The molecule has 0 radical (unpaired) electrons. The molecule has 0 aromatic heterocycles. The van der Waals surface area contributed by atoms with Crippen molar-refractivity contribution in [2.75, 3.05) is 26.2 Å². The van der Waals surface area contributed by atoms with E-state index in [1.165, 1.54) is 5.56 Å². The Hall–Kier alpha value is -1.55. The van der Waals surface area contributed by atoms with E-state index in [1.807, 2.05) is 11.0 Å². The average Bonchev–Trinajstić information content (AvgIpc) is 3.03. The second-order valence-corrected chi connectivity index (χ2v) is 5.82. The predicted molar refractivity (Wildman–Crippen MR) is 79.6 cm³/mol. The lowest BCUT2D eigenvalue weighted by molar-refractivity contribution is 0.179. The number of nitrogens with zero attached hydrogens (tertiary/aromatic N) is 1. The van der Waals surface area contributed by atoms with Crippen LogP contribution in [0.3, 0.4) is 0 Å². The molecule has 4 heteroatoms. The molecule has 20 heavy (non-hydrogen) atoms. The van der Waals surface area contributed by atoms with Gasteiger partial charge in [-0.05, 0) is 44.3 Å². The summed E-state index contributed by atoms with van der Waals surface area (Å²) in [4.78, 5) is 14.4. The minimum atomic E-state index is -0.202. The van der Waals surface area contributed by atoms with E-state index >= 15 is 0 Å². The van der Waals surface area contributed by atoms with Gasteiger partial charge in [-0.15, -0.1) is 0 Å². The van der Waals surface area contributed by atoms with Gasteiger partial charge in [-0.25, -0.2) is 4.79 Å². The molecule has 2 N–H and O–H groups in total. The molecule has 2 aliphatic rings. The van der Waals surface area contributed by atoms with Gasteiger partial charge in [-0.3, -0.25) is 0 Å². The molecule has 4 nitrogen and oxygen atoms in total. The first-order valence-corrected chi connectivity index (χ1v) is 7.64. The van der Waals surface area contributed by atoms with Crippen molar-refractivity contribution in [1.29, 1.82) is 0 Å². The number of rotatable bonds is 2. The van der Waals surface area contributed by atoms with Crippen molar-refractivity contribution in [3.63, 3.8) is 0 Å². The smallest absolute Gasteiger partial charge is 0.318 e. The van der Waals surface area contributed by atoms with Gasteiger partial charge in [0.1, 0.15) is 0 Å². The largest absolute Gasteiger partial charge is 0.328 e. The summed E-state index contributed by atoms with van der Waals surface area (Å²) in [5.74, 6) is 0. The highest BCUT2D eigenvalue weighted by Crippen LogP contribution is 2.31. The van der Waals surface area contributed by atoms with E-state index in [9.17, 15) is 4.79 Å². The summed E-state index contributed by atoms with van der Waals surface area (Å²) in [6.07, 6.45) is 4.17. The Morgan fingerprint density at radius 1 is 1.10 bits per heavy atom. The van der Waals surface area contributed by atoms with Gasteiger partial charge in [0.25, 0.3) is 0 Å². The number of likely N-dealkylation sites (tertiary alicyclic amines) is 1. The van der Waals surface area contributed by atoms with E-state index in [2.05, 4.69) is 34.9 Å². The number of carbonyl (C=O) groups excluding carboxylic acids is 1. The highest BCUT2D eigenvalue weighted by molar-refractivity contribution is 5.75. The van der Waals surface area contributed by atoms with E-state index in [-0.39, 0.29) is 11.6 Å². The third kappa shape index (κ3) is 2.66. The zero-order chi connectivity index (χ0) is 13.8. The van der Waals surface area contributed by atoms with Crippen molar-refractivity contribution in [3.05, 3.63) is 35.9 Å². The maximum atomic E-state index is 12.5. The molecule has 0 atom stereocenters. The molecule has 2 fully saturated rings. The van der Waals surface area contributed by atoms with Crippen LogP contribution < -0.4 is 10.6 Å². The van der Waals surface area contributed by atoms with Crippen molar-refractivity contribution in [1.82, 2.24) is 15.5 Å². The summed E-state index contributed by atoms with van der Waals surface area (Å²) >= 11 is 0. The van der Waals surface area contributed by atoms with Gasteiger partial charge in [0.05, 0.1) is 5.54 Å². The third-order valence-corrected chi connectivity index (χ3v) is 4.52. The first kappa shape index (κ1) is 13.4.